The number of halogens is 1. The number of piperidine rings is 1. The van der Waals surface area contributed by atoms with Crippen LogP contribution in [0, 0.1) is 11.7 Å². The average molecular weight is 277 g/mol. The highest BCUT2D eigenvalue weighted by molar-refractivity contribution is 5.77. The molecule has 1 aromatic heterocycles. The molecule has 0 amide bonds. The summed E-state index contributed by atoms with van der Waals surface area (Å²) >= 11 is 0. The molecule has 3 rings (SSSR count). The Kier molecular flexibility index (Phi) is 3.76. The van der Waals surface area contributed by atoms with Gasteiger partial charge in [-0.2, -0.15) is 0 Å². The third-order valence-electron chi connectivity index (χ3n) is 4.26. The van der Waals surface area contributed by atoms with E-state index in [1.54, 1.807) is 6.07 Å². The number of benzene rings is 1. The highest BCUT2D eigenvalue weighted by atomic mass is 19.1. The van der Waals surface area contributed by atoms with Gasteiger partial charge in [-0.05, 0) is 49.9 Å². The third kappa shape index (κ3) is 2.72. The fraction of sp³-hybridized carbons (Fsp3) is 0.500. The normalized spacial score (nSPS) is 24.4. The second kappa shape index (κ2) is 5.54. The van der Waals surface area contributed by atoms with Crippen molar-refractivity contribution < 1.29 is 13.9 Å². The van der Waals surface area contributed by atoms with Crippen LogP contribution in [0.15, 0.2) is 28.7 Å². The van der Waals surface area contributed by atoms with E-state index < -0.39 is 0 Å². The third-order valence-corrected chi connectivity index (χ3v) is 4.26. The molecule has 4 heteroatoms. The van der Waals surface area contributed by atoms with Crippen LogP contribution in [0.4, 0.5) is 4.39 Å². The summed E-state index contributed by atoms with van der Waals surface area (Å²) in [6.07, 6.45) is 2.18. The van der Waals surface area contributed by atoms with Gasteiger partial charge in [0.2, 0.25) is 0 Å². The van der Waals surface area contributed by atoms with E-state index in [0.29, 0.717) is 18.5 Å². The number of rotatable bonds is 3. The standard InChI is InChI=1S/C16H20FNO2/c1-11-2-3-12(10-19)8-18(11)9-15-7-13-6-14(17)4-5-16(13)20-15/h4-7,11-12,19H,2-3,8-10H2,1H3. The zero-order valence-corrected chi connectivity index (χ0v) is 11.7. The lowest BCUT2D eigenvalue weighted by Gasteiger charge is -2.36. The molecule has 1 aliphatic rings. The quantitative estimate of drug-likeness (QED) is 0.936. The van der Waals surface area contributed by atoms with Crippen molar-refractivity contribution in [3.05, 3.63) is 35.8 Å². The number of furan rings is 1. The minimum absolute atomic E-state index is 0.239. The van der Waals surface area contributed by atoms with Crippen LogP contribution < -0.4 is 0 Å². The Hall–Kier alpha value is -1.39. The van der Waals surface area contributed by atoms with Crippen LogP contribution in [-0.4, -0.2) is 29.2 Å². The molecule has 20 heavy (non-hydrogen) atoms. The molecule has 1 aromatic carbocycles. The first-order valence-electron chi connectivity index (χ1n) is 7.18. The maximum atomic E-state index is 13.2. The highest BCUT2D eigenvalue weighted by Gasteiger charge is 2.25. The largest absolute Gasteiger partial charge is 0.460 e. The summed E-state index contributed by atoms with van der Waals surface area (Å²) in [7, 11) is 0. The molecule has 1 fully saturated rings. The van der Waals surface area contributed by atoms with Crippen molar-refractivity contribution in [3.63, 3.8) is 0 Å². The molecule has 0 aliphatic carbocycles. The van der Waals surface area contributed by atoms with Gasteiger partial charge in [-0.15, -0.1) is 0 Å². The number of likely N-dealkylation sites (tertiary alicyclic amines) is 1. The number of nitrogens with zero attached hydrogens (tertiary/aromatic N) is 1. The van der Waals surface area contributed by atoms with Crippen LogP contribution in [0.3, 0.4) is 0 Å². The summed E-state index contributed by atoms with van der Waals surface area (Å²) in [5.74, 6) is 0.973. The minimum atomic E-state index is -0.239. The minimum Gasteiger partial charge on any atom is -0.460 e. The van der Waals surface area contributed by atoms with Crippen LogP contribution in [0.2, 0.25) is 0 Å². The summed E-state index contributed by atoms with van der Waals surface area (Å²) in [6.45, 7) is 4.06. The van der Waals surface area contributed by atoms with E-state index in [9.17, 15) is 9.50 Å². The van der Waals surface area contributed by atoms with Gasteiger partial charge in [0.15, 0.2) is 0 Å². The van der Waals surface area contributed by atoms with E-state index in [1.807, 2.05) is 6.07 Å². The number of fused-ring (bicyclic) bond motifs is 1. The Morgan fingerprint density at radius 1 is 1.35 bits per heavy atom. The van der Waals surface area contributed by atoms with Crippen molar-refractivity contribution in [3.8, 4) is 0 Å². The lowest BCUT2D eigenvalue weighted by Crippen LogP contribution is -2.42. The van der Waals surface area contributed by atoms with E-state index in [0.717, 1.165) is 36.1 Å². The fourth-order valence-electron chi connectivity index (χ4n) is 2.98. The van der Waals surface area contributed by atoms with Gasteiger partial charge >= 0.3 is 0 Å². The Labute approximate surface area is 118 Å². The van der Waals surface area contributed by atoms with Gasteiger partial charge in [0.25, 0.3) is 0 Å². The van der Waals surface area contributed by atoms with Crippen molar-refractivity contribution in [2.24, 2.45) is 5.92 Å². The lowest BCUT2D eigenvalue weighted by molar-refractivity contribution is 0.0723. The fourth-order valence-corrected chi connectivity index (χ4v) is 2.98. The molecule has 0 spiro atoms. The van der Waals surface area contributed by atoms with Gasteiger partial charge in [0.1, 0.15) is 17.2 Å². The summed E-state index contributed by atoms with van der Waals surface area (Å²) in [5.41, 5.74) is 0.727. The molecule has 1 aliphatic heterocycles. The van der Waals surface area contributed by atoms with Crippen molar-refractivity contribution in [2.45, 2.75) is 32.4 Å². The zero-order chi connectivity index (χ0) is 14.1. The monoisotopic (exact) mass is 277 g/mol. The SMILES string of the molecule is CC1CCC(CO)CN1Cc1cc2cc(F)ccc2o1. The molecular weight excluding hydrogens is 257 g/mol. The summed E-state index contributed by atoms with van der Waals surface area (Å²) in [4.78, 5) is 2.33. The second-order valence-electron chi connectivity index (χ2n) is 5.80. The van der Waals surface area contributed by atoms with Crippen molar-refractivity contribution in [2.75, 3.05) is 13.2 Å². The van der Waals surface area contributed by atoms with Gasteiger partial charge < -0.3 is 9.52 Å². The summed E-state index contributed by atoms with van der Waals surface area (Å²) in [5, 5.41) is 10.1. The Morgan fingerprint density at radius 2 is 2.20 bits per heavy atom. The second-order valence-corrected chi connectivity index (χ2v) is 5.80. The number of aliphatic hydroxyl groups is 1. The first kappa shape index (κ1) is 13.6. The summed E-state index contributed by atoms with van der Waals surface area (Å²) < 4.78 is 19.0. The highest BCUT2D eigenvalue weighted by Crippen LogP contribution is 2.26. The predicted octanol–water partition coefficient (Wildman–Crippen LogP) is 3.16. The van der Waals surface area contributed by atoms with Crippen LogP contribution in [0.5, 0.6) is 0 Å². The molecule has 2 heterocycles. The topological polar surface area (TPSA) is 36.6 Å². The van der Waals surface area contributed by atoms with Crippen molar-refractivity contribution in [1.82, 2.24) is 4.90 Å². The van der Waals surface area contributed by atoms with Crippen LogP contribution in [0.25, 0.3) is 11.0 Å². The molecule has 0 bridgehead atoms. The van der Waals surface area contributed by atoms with Gasteiger partial charge in [0, 0.05) is 24.6 Å². The summed E-state index contributed by atoms with van der Waals surface area (Å²) in [6, 6.07) is 6.99. The molecule has 1 N–H and O–H groups in total. The molecular formula is C16H20FNO2. The molecule has 2 atom stereocenters. The first-order valence-corrected chi connectivity index (χ1v) is 7.18. The molecule has 1 saturated heterocycles. The predicted molar refractivity (Wildman–Crippen MR) is 75.9 cm³/mol. The van der Waals surface area contributed by atoms with Crippen LogP contribution in [0.1, 0.15) is 25.5 Å². The Morgan fingerprint density at radius 3 is 3.00 bits per heavy atom. The van der Waals surface area contributed by atoms with E-state index in [-0.39, 0.29) is 12.4 Å². The molecule has 3 nitrogen and oxygen atoms in total. The average Bonchev–Trinajstić information content (AvgIpc) is 2.82. The van der Waals surface area contributed by atoms with E-state index in [4.69, 9.17) is 4.42 Å². The number of hydrogen-bond acceptors (Lipinski definition) is 3. The molecule has 0 radical (unpaired) electrons. The maximum absolute atomic E-state index is 13.2. The zero-order valence-electron chi connectivity index (χ0n) is 11.7. The van der Waals surface area contributed by atoms with Gasteiger partial charge in [-0.25, -0.2) is 4.39 Å². The van der Waals surface area contributed by atoms with E-state index in [2.05, 4.69) is 11.8 Å². The maximum Gasteiger partial charge on any atom is 0.134 e. The van der Waals surface area contributed by atoms with E-state index in [1.165, 1.54) is 12.1 Å². The van der Waals surface area contributed by atoms with Crippen molar-refractivity contribution >= 4 is 11.0 Å². The molecule has 2 unspecified atom stereocenters. The van der Waals surface area contributed by atoms with Gasteiger partial charge in [-0.1, -0.05) is 0 Å². The van der Waals surface area contributed by atoms with Crippen LogP contribution >= 0.6 is 0 Å². The Balaban J connectivity index is 1.77. The van der Waals surface area contributed by atoms with Crippen molar-refractivity contribution in [1.29, 1.82) is 0 Å². The first-order chi connectivity index (χ1) is 9.65. The molecule has 0 saturated carbocycles. The number of hydrogen-bond donors (Lipinski definition) is 1. The number of aliphatic hydroxyl groups excluding tert-OH is 1. The molecule has 108 valence electrons. The molecule has 2 aromatic rings. The Bertz CT molecular complexity index is 595. The van der Waals surface area contributed by atoms with Gasteiger partial charge in [-0.3, -0.25) is 4.90 Å². The van der Waals surface area contributed by atoms with Crippen LogP contribution in [-0.2, 0) is 6.54 Å². The van der Waals surface area contributed by atoms with E-state index >= 15 is 0 Å². The smallest absolute Gasteiger partial charge is 0.134 e. The lowest BCUT2D eigenvalue weighted by atomic mass is 9.94. The van der Waals surface area contributed by atoms with Gasteiger partial charge in [0.05, 0.1) is 6.54 Å².